The van der Waals surface area contributed by atoms with E-state index in [2.05, 4.69) is 5.32 Å². The third-order valence-electron chi connectivity index (χ3n) is 2.27. The summed E-state index contributed by atoms with van der Waals surface area (Å²) in [5, 5.41) is 15.2. The minimum absolute atomic E-state index is 0.00565. The highest BCUT2D eigenvalue weighted by molar-refractivity contribution is 7.07. The van der Waals surface area contributed by atoms with E-state index >= 15 is 0 Å². The number of methoxy groups -OCH3 is 1. The van der Waals surface area contributed by atoms with Gasteiger partial charge in [-0.25, -0.2) is 4.79 Å². The maximum Gasteiger partial charge on any atom is 0.334 e. The second-order valence-corrected chi connectivity index (χ2v) is 4.28. The topological polar surface area (TPSA) is 75.6 Å². The fourth-order valence-corrected chi connectivity index (χ4v) is 1.96. The summed E-state index contributed by atoms with van der Waals surface area (Å²) in [5.74, 6) is -1.25. The van der Waals surface area contributed by atoms with Crippen LogP contribution in [0.25, 0.3) is 0 Å². The van der Waals surface area contributed by atoms with Crippen molar-refractivity contribution in [1.82, 2.24) is 5.32 Å². The maximum absolute atomic E-state index is 11.4. The third kappa shape index (κ3) is 4.97. The van der Waals surface area contributed by atoms with Crippen molar-refractivity contribution in [3.63, 3.8) is 0 Å². The number of thiophene rings is 1. The molecule has 0 aromatic carbocycles. The van der Waals surface area contributed by atoms with Crippen molar-refractivity contribution in [2.75, 3.05) is 13.7 Å². The van der Waals surface area contributed by atoms with E-state index in [1.165, 1.54) is 7.11 Å². The molecule has 17 heavy (non-hydrogen) atoms. The van der Waals surface area contributed by atoms with Crippen molar-refractivity contribution < 1.29 is 19.4 Å². The van der Waals surface area contributed by atoms with E-state index in [1.54, 1.807) is 11.3 Å². The molecule has 6 heteroatoms. The summed E-state index contributed by atoms with van der Waals surface area (Å²) in [4.78, 5) is 22.0. The van der Waals surface area contributed by atoms with E-state index in [0.29, 0.717) is 12.8 Å². The maximum atomic E-state index is 11.4. The first-order valence-electron chi connectivity index (χ1n) is 5.17. The first kappa shape index (κ1) is 13.7. The van der Waals surface area contributed by atoms with Gasteiger partial charge in [-0.2, -0.15) is 11.3 Å². The number of aliphatic carboxylic acids is 1. The predicted octanol–water partition coefficient (Wildman–Crippen LogP) is 0.896. The van der Waals surface area contributed by atoms with Gasteiger partial charge in [-0.3, -0.25) is 4.79 Å². The molecule has 0 fully saturated rings. The van der Waals surface area contributed by atoms with Crippen molar-refractivity contribution in [3.05, 3.63) is 22.4 Å². The summed E-state index contributed by atoms with van der Waals surface area (Å²) in [6, 6.07) is 1.97. The monoisotopic (exact) mass is 257 g/mol. The van der Waals surface area contributed by atoms with Gasteiger partial charge in [0.15, 0.2) is 6.10 Å². The molecule has 1 unspecified atom stereocenters. The SMILES string of the molecule is COC(CNC(=O)CCc1ccsc1)C(=O)O. The van der Waals surface area contributed by atoms with E-state index in [9.17, 15) is 9.59 Å². The zero-order valence-corrected chi connectivity index (χ0v) is 10.3. The highest BCUT2D eigenvalue weighted by Crippen LogP contribution is 2.08. The average Bonchev–Trinajstić information content (AvgIpc) is 2.79. The highest BCUT2D eigenvalue weighted by atomic mass is 32.1. The molecule has 5 nitrogen and oxygen atoms in total. The van der Waals surface area contributed by atoms with Gasteiger partial charge in [0.25, 0.3) is 0 Å². The van der Waals surface area contributed by atoms with E-state index in [1.807, 2.05) is 16.8 Å². The molecule has 0 radical (unpaired) electrons. The fraction of sp³-hybridized carbons (Fsp3) is 0.455. The van der Waals surface area contributed by atoms with Crippen molar-refractivity contribution in [2.45, 2.75) is 18.9 Å². The molecule has 0 aliphatic carbocycles. The van der Waals surface area contributed by atoms with Crippen molar-refractivity contribution in [3.8, 4) is 0 Å². The molecule has 1 heterocycles. The molecule has 0 bridgehead atoms. The van der Waals surface area contributed by atoms with Crippen molar-refractivity contribution >= 4 is 23.2 Å². The van der Waals surface area contributed by atoms with Crippen LogP contribution in [0.15, 0.2) is 16.8 Å². The van der Waals surface area contributed by atoms with Crippen LogP contribution in [0.4, 0.5) is 0 Å². The first-order chi connectivity index (χ1) is 8.13. The predicted molar refractivity (Wildman–Crippen MR) is 64.1 cm³/mol. The van der Waals surface area contributed by atoms with Gasteiger partial charge in [-0.05, 0) is 28.8 Å². The van der Waals surface area contributed by atoms with Gasteiger partial charge in [0.05, 0.1) is 6.54 Å². The minimum atomic E-state index is -1.08. The summed E-state index contributed by atoms with van der Waals surface area (Å²) in [7, 11) is 1.30. The van der Waals surface area contributed by atoms with E-state index < -0.39 is 12.1 Å². The van der Waals surface area contributed by atoms with Gasteiger partial charge in [-0.1, -0.05) is 0 Å². The molecule has 0 spiro atoms. The molecule has 1 atom stereocenters. The number of carboxylic acid groups (broad SMARTS) is 1. The number of nitrogens with one attached hydrogen (secondary N) is 1. The Bertz CT molecular complexity index is 364. The molecule has 0 aliphatic rings. The molecular weight excluding hydrogens is 242 g/mol. The molecule has 0 saturated carbocycles. The number of carboxylic acids is 1. The number of rotatable bonds is 7. The number of ether oxygens (including phenoxy) is 1. The molecule has 0 aliphatic heterocycles. The molecule has 1 rings (SSSR count). The van der Waals surface area contributed by atoms with E-state index in [4.69, 9.17) is 9.84 Å². The lowest BCUT2D eigenvalue weighted by molar-refractivity contribution is -0.148. The summed E-state index contributed by atoms with van der Waals surface area (Å²) in [5.41, 5.74) is 1.12. The zero-order chi connectivity index (χ0) is 12.7. The molecule has 1 amide bonds. The molecule has 2 N–H and O–H groups in total. The number of carbonyl (C=O) groups excluding carboxylic acids is 1. The van der Waals surface area contributed by atoms with Crippen LogP contribution in [0.1, 0.15) is 12.0 Å². The number of carbonyl (C=O) groups is 2. The van der Waals surface area contributed by atoms with Crippen LogP contribution in [0, 0.1) is 0 Å². The van der Waals surface area contributed by atoms with Gasteiger partial charge >= 0.3 is 5.97 Å². The van der Waals surface area contributed by atoms with E-state index in [-0.39, 0.29) is 12.5 Å². The molecule has 1 aromatic rings. The second kappa shape index (κ2) is 7.03. The molecule has 94 valence electrons. The second-order valence-electron chi connectivity index (χ2n) is 3.50. The smallest absolute Gasteiger partial charge is 0.334 e. The third-order valence-corrected chi connectivity index (χ3v) is 3.00. The van der Waals surface area contributed by atoms with Gasteiger partial charge in [0.2, 0.25) is 5.91 Å². The summed E-state index contributed by atoms with van der Waals surface area (Å²) in [6.45, 7) is -0.00565. The number of hydrogen-bond donors (Lipinski definition) is 2. The Balaban J connectivity index is 2.23. The van der Waals surface area contributed by atoms with Crippen molar-refractivity contribution in [1.29, 1.82) is 0 Å². The lowest BCUT2D eigenvalue weighted by Crippen LogP contribution is -2.37. The normalized spacial score (nSPS) is 12.1. The van der Waals surface area contributed by atoms with Crippen molar-refractivity contribution in [2.24, 2.45) is 0 Å². The quantitative estimate of drug-likeness (QED) is 0.761. The Hall–Kier alpha value is -1.40. The first-order valence-corrected chi connectivity index (χ1v) is 6.11. The highest BCUT2D eigenvalue weighted by Gasteiger charge is 2.16. The Morgan fingerprint density at radius 3 is 2.88 bits per heavy atom. The van der Waals surface area contributed by atoms with Gasteiger partial charge in [0.1, 0.15) is 0 Å². The molecule has 1 aromatic heterocycles. The number of hydrogen-bond acceptors (Lipinski definition) is 4. The summed E-state index contributed by atoms with van der Waals surface area (Å²) < 4.78 is 4.70. The van der Waals surface area contributed by atoms with Gasteiger partial charge < -0.3 is 15.2 Å². The largest absolute Gasteiger partial charge is 0.479 e. The van der Waals surface area contributed by atoms with Gasteiger partial charge in [-0.15, -0.1) is 0 Å². The Kier molecular flexibility index (Phi) is 5.65. The standard InChI is InChI=1S/C11H15NO4S/c1-16-9(11(14)15)6-12-10(13)3-2-8-4-5-17-7-8/h4-5,7,9H,2-3,6H2,1H3,(H,12,13)(H,14,15). The van der Waals surface area contributed by atoms with Crippen LogP contribution in [0.5, 0.6) is 0 Å². The van der Waals surface area contributed by atoms with Crippen LogP contribution in [-0.2, 0) is 20.7 Å². The van der Waals surface area contributed by atoms with E-state index in [0.717, 1.165) is 5.56 Å². The Labute approximate surface area is 103 Å². The summed E-state index contributed by atoms with van der Waals surface area (Å²) >= 11 is 1.59. The fourth-order valence-electron chi connectivity index (χ4n) is 1.26. The lowest BCUT2D eigenvalue weighted by atomic mass is 10.2. The van der Waals surface area contributed by atoms with Crippen LogP contribution in [-0.4, -0.2) is 36.7 Å². The average molecular weight is 257 g/mol. The molecule has 0 saturated heterocycles. The minimum Gasteiger partial charge on any atom is -0.479 e. The lowest BCUT2D eigenvalue weighted by Gasteiger charge is -2.11. The molecular formula is C11H15NO4S. The van der Waals surface area contributed by atoms with Crippen LogP contribution in [0.2, 0.25) is 0 Å². The van der Waals surface area contributed by atoms with Crippen LogP contribution >= 0.6 is 11.3 Å². The Morgan fingerprint density at radius 2 is 2.35 bits per heavy atom. The zero-order valence-electron chi connectivity index (χ0n) is 9.51. The summed E-state index contributed by atoms with van der Waals surface area (Å²) in [6.07, 6.45) is 0.0347. The Morgan fingerprint density at radius 1 is 1.59 bits per heavy atom. The number of aryl methyl sites for hydroxylation is 1. The van der Waals surface area contributed by atoms with Gasteiger partial charge in [0, 0.05) is 13.5 Å². The number of amides is 1. The van der Waals surface area contributed by atoms with Crippen LogP contribution in [0.3, 0.4) is 0 Å². The van der Waals surface area contributed by atoms with Crippen LogP contribution < -0.4 is 5.32 Å².